The highest BCUT2D eigenvalue weighted by Crippen LogP contribution is 2.38. The van der Waals surface area contributed by atoms with Crippen LogP contribution in [0.2, 0.25) is 0 Å². The molecule has 0 bridgehead atoms. The van der Waals surface area contributed by atoms with E-state index in [1.807, 2.05) is 18.2 Å². The molecule has 9 heteroatoms. The van der Waals surface area contributed by atoms with Gasteiger partial charge in [-0.15, -0.1) is 0 Å². The average Bonchev–Trinajstić information content (AvgIpc) is 3.86. The van der Waals surface area contributed by atoms with E-state index in [2.05, 4.69) is 25.6 Å². The number of aromatic amines is 1. The number of carbonyl (C=O) groups excluding carboxylic acids is 2. The summed E-state index contributed by atoms with van der Waals surface area (Å²) in [7, 11) is 1.63. The van der Waals surface area contributed by atoms with Gasteiger partial charge in [0, 0.05) is 35.8 Å². The van der Waals surface area contributed by atoms with E-state index < -0.39 is 0 Å². The Morgan fingerprint density at radius 2 is 1.76 bits per heavy atom. The number of ether oxygens (including phenoxy) is 2. The Labute approximate surface area is 215 Å². The van der Waals surface area contributed by atoms with Crippen molar-refractivity contribution >= 4 is 22.8 Å². The lowest BCUT2D eigenvalue weighted by Crippen LogP contribution is -2.41. The average molecular weight is 504 g/mol. The van der Waals surface area contributed by atoms with Gasteiger partial charge in [-0.2, -0.15) is 0 Å². The molecule has 1 aromatic carbocycles. The molecule has 3 N–H and O–H groups in total. The minimum Gasteiger partial charge on any atom is -0.497 e. The molecule has 194 valence electrons. The summed E-state index contributed by atoms with van der Waals surface area (Å²) in [5, 5.41) is 6.27. The number of hydrogen-bond donors (Lipinski definition) is 3. The molecular formula is C28H33N5O4. The maximum Gasteiger partial charge on any atom is 0.255 e. The first-order valence-corrected chi connectivity index (χ1v) is 13.3. The predicted molar refractivity (Wildman–Crippen MR) is 138 cm³/mol. The summed E-state index contributed by atoms with van der Waals surface area (Å²) >= 11 is 0. The third-order valence-corrected chi connectivity index (χ3v) is 7.68. The second-order valence-corrected chi connectivity index (χ2v) is 10.6. The molecule has 0 spiro atoms. The van der Waals surface area contributed by atoms with Gasteiger partial charge in [-0.05, 0) is 69.4 Å². The van der Waals surface area contributed by atoms with E-state index in [4.69, 9.17) is 9.47 Å². The van der Waals surface area contributed by atoms with Crippen molar-refractivity contribution in [2.45, 2.75) is 63.5 Å². The number of methoxy groups -OCH3 is 1. The molecule has 2 amide bonds. The van der Waals surface area contributed by atoms with Crippen LogP contribution in [-0.2, 0) is 4.79 Å². The molecule has 0 radical (unpaired) electrons. The smallest absolute Gasteiger partial charge is 0.255 e. The van der Waals surface area contributed by atoms with E-state index >= 15 is 0 Å². The summed E-state index contributed by atoms with van der Waals surface area (Å²) in [6.07, 6.45) is 11.0. The normalized spacial score (nSPS) is 21.4. The number of amides is 2. The number of hydrogen-bond acceptors (Lipinski definition) is 6. The van der Waals surface area contributed by atoms with Crippen molar-refractivity contribution in [3.63, 3.8) is 0 Å². The molecule has 6 rings (SSSR count). The van der Waals surface area contributed by atoms with Gasteiger partial charge >= 0.3 is 0 Å². The van der Waals surface area contributed by atoms with Crippen molar-refractivity contribution in [1.82, 2.24) is 25.6 Å². The molecule has 0 unspecified atom stereocenters. The Morgan fingerprint density at radius 1 is 1.00 bits per heavy atom. The van der Waals surface area contributed by atoms with Gasteiger partial charge < -0.3 is 25.1 Å². The molecule has 37 heavy (non-hydrogen) atoms. The van der Waals surface area contributed by atoms with Crippen molar-refractivity contribution in [3.05, 3.63) is 36.3 Å². The first kappa shape index (κ1) is 23.8. The van der Waals surface area contributed by atoms with Crippen molar-refractivity contribution < 1.29 is 19.1 Å². The maximum absolute atomic E-state index is 13.2. The van der Waals surface area contributed by atoms with Gasteiger partial charge in [0.25, 0.3) is 5.91 Å². The molecule has 0 aliphatic heterocycles. The minimum absolute atomic E-state index is 0.0488. The molecule has 2 aromatic heterocycles. The minimum atomic E-state index is -0.165. The standard InChI is InChI=1S/C28H33N5O4/c1-36-20-10-11-21(23(12-20)37-14-16-2-3-16)24-26-25(31-15-30-24)22(13-29-26)28(35)33-18-6-4-17(5-7-18)27(34)32-19-8-9-19/h10-13,15-19,29H,2-9,14H2,1H3,(H,32,34)(H,33,35). The summed E-state index contributed by atoms with van der Waals surface area (Å²) < 4.78 is 11.6. The second kappa shape index (κ2) is 10.0. The zero-order chi connectivity index (χ0) is 25.4. The topological polar surface area (TPSA) is 118 Å². The van der Waals surface area contributed by atoms with Gasteiger partial charge in [-0.3, -0.25) is 9.59 Å². The van der Waals surface area contributed by atoms with Crippen LogP contribution in [0.5, 0.6) is 11.5 Å². The SMILES string of the molecule is COc1ccc(-c2ncnc3c(C(=O)NC4CCC(C(=O)NC5CC5)CC4)c[nH]c23)c(OCC2CC2)c1. The Balaban J connectivity index is 1.18. The molecular weight excluding hydrogens is 470 g/mol. The summed E-state index contributed by atoms with van der Waals surface area (Å²) in [6.45, 7) is 0.664. The first-order valence-electron chi connectivity index (χ1n) is 13.3. The zero-order valence-corrected chi connectivity index (χ0v) is 21.1. The Morgan fingerprint density at radius 3 is 2.49 bits per heavy atom. The number of rotatable bonds is 9. The van der Waals surface area contributed by atoms with Crippen molar-refractivity contribution in [2.24, 2.45) is 11.8 Å². The van der Waals surface area contributed by atoms with Crippen LogP contribution in [0.3, 0.4) is 0 Å². The van der Waals surface area contributed by atoms with Gasteiger partial charge in [0.05, 0.1) is 24.8 Å². The van der Waals surface area contributed by atoms with Gasteiger partial charge in [-0.1, -0.05) is 0 Å². The highest BCUT2D eigenvalue weighted by molar-refractivity contribution is 6.08. The highest BCUT2D eigenvalue weighted by atomic mass is 16.5. The third kappa shape index (κ3) is 5.26. The quantitative estimate of drug-likeness (QED) is 0.406. The summed E-state index contributed by atoms with van der Waals surface area (Å²) in [6, 6.07) is 6.13. The molecule has 3 aliphatic carbocycles. The van der Waals surface area contributed by atoms with Crippen LogP contribution >= 0.6 is 0 Å². The predicted octanol–water partition coefficient (Wildman–Crippen LogP) is 3.99. The Kier molecular flexibility index (Phi) is 6.44. The first-order chi connectivity index (χ1) is 18.1. The lowest BCUT2D eigenvalue weighted by atomic mass is 9.85. The van der Waals surface area contributed by atoms with Crippen molar-refractivity contribution in [1.29, 1.82) is 0 Å². The Hall–Kier alpha value is -3.62. The largest absolute Gasteiger partial charge is 0.497 e. The van der Waals surface area contributed by atoms with E-state index in [1.165, 1.54) is 19.2 Å². The van der Waals surface area contributed by atoms with Gasteiger partial charge in [-0.25, -0.2) is 9.97 Å². The fourth-order valence-corrected chi connectivity index (χ4v) is 5.06. The third-order valence-electron chi connectivity index (χ3n) is 7.68. The van der Waals surface area contributed by atoms with Crippen LogP contribution in [0.1, 0.15) is 61.7 Å². The number of H-pyrrole nitrogens is 1. The van der Waals surface area contributed by atoms with E-state index in [-0.39, 0.29) is 23.8 Å². The lowest BCUT2D eigenvalue weighted by Gasteiger charge is -2.28. The molecule has 2 heterocycles. The van der Waals surface area contributed by atoms with Gasteiger partial charge in [0.15, 0.2) is 0 Å². The van der Waals surface area contributed by atoms with Gasteiger partial charge in [0.2, 0.25) is 5.91 Å². The summed E-state index contributed by atoms with van der Waals surface area (Å²) in [4.78, 5) is 37.8. The monoisotopic (exact) mass is 503 g/mol. The number of nitrogens with one attached hydrogen (secondary N) is 3. The van der Waals surface area contributed by atoms with Crippen LogP contribution in [0.25, 0.3) is 22.3 Å². The number of benzene rings is 1. The molecule has 3 saturated carbocycles. The van der Waals surface area contributed by atoms with Crippen LogP contribution in [0, 0.1) is 11.8 Å². The fourth-order valence-electron chi connectivity index (χ4n) is 5.06. The molecule has 0 saturated heterocycles. The Bertz CT molecular complexity index is 1310. The lowest BCUT2D eigenvalue weighted by molar-refractivity contribution is -0.126. The molecule has 3 fully saturated rings. The number of fused-ring (bicyclic) bond motifs is 1. The van der Waals surface area contributed by atoms with E-state index in [9.17, 15) is 9.59 Å². The summed E-state index contributed by atoms with van der Waals surface area (Å²) in [5.41, 5.74) is 3.25. The van der Waals surface area contributed by atoms with Crippen LogP contribution in [0.4, 0.5) is 0 Å². The van der Waals surface area contributed by atoms with E-state index in [0.717, 1.165) is 44.1 Å². The molecule has 0 atom stereocenters. The van der Waals surface area contributed by atoms with E-state index in [0.29, 0.717) is 52.4 Å². The molecule has 9 nitrogen and oxygen atoms in total. The van der Waals surface area contributed by atoms with Crippen LogP contribution in [0.15, 0.2) is 30.7 Å². The number of aromatic nitrogens is 3. The highest BCUT2D eigenvalue weighted by Gasteiger charge is 2.31. The fraction of sp³-hybridized carbons (Fsp3) is 0.500. The van der Waals surface area contributed by atoms with Crippen molar-refractivity contribution in [3.8, 4) is 22.8 Å². The summed E-state index contributed by atoms with van der Waals surface area (Å²) in [5.74, 6) is 2.08. The second-order valence-electron chi connectivity index (χ2n) is 10.6. The number of carbonyl (C=O) groups is 2. The van der Waals surface area contributed by atoms with Crippen molar-refractivity contribution in [2.75, 3.05) is 13.7 Å². The van der Waals surface area contributed by atoms with Crippen LogP contribution in [-0.4, -0.2) is 52.6 Å². The zero-order valence-electron chi connectivity index (χ0n) is 21.1. The van der Waals surface area contributed by atoms with Crippen LogP contribution < -0.4 is 20.1 Å². The van der Waals surface area contributed by atoms with E-state index in [1.54, 1.807) is 13.3 Å². The molecule has 3 aliphatic rings. The number of nitrogens with zero attached hydrogens (tertiary/aromatic N) is 2. The van der Waals surface area contributed by atoms with Gasteiger partial charge in [0.1, 0.15) is 29.0 Å². The molecule has 3 aromatic rings. The maximum atomic E-state index is 13.2.